The maximum absolute atomic E-state index is 11.0. The molecule has 16 heavy (non-hydrogen) atoms. The van der Waals surface area contributed by atoms with Gasteiger partial charge in [-0.3, -0.25) is 0 Å². The van der Waals surface area contributed by atoms with Gasteiger partial charge in [0.25, 0.3) is 0 Å². The van der Waals surface area contributed by atoms with Crippen molar-refractivity contribution in [1.29, 1.82) is 0 Å². The number of ether oxygens (including phenoxy) is 1. The zero-order valence-electron chi connectivity index (χ0n) is 9.65. The minimum atomic E-state index is -1.02. The molecule has 1 unspecified atom stereocenters. The van der Waals surface area contributed by atoms with Crippen LogP contribution in [0, 0.1) is 13.8 Å². The molecule has 0 saturated heterocycles. The molecule has 1 aromatic carbocycles. The van der Waals surface area contributed by atoms with Gasteiger partial charge in [0.2, 0.25) is 0 Å². The van der Waals surface area contributed by atoms with Crippen molar-refractivity contribution < 1.29 is 19.7 Å². The van der Waals surface area contributed by atoms with Gasteiger partial charge in [-0.05, 0) is 49.6 Å². The number of carboxylic acid groups (broad SMARTS) is 1. The van der Waals surface area contributed by atoms with E-state index in [9.17, 15) is 9.90 Å². The van der Waals surface area contributed by atoms with Crippen molar-refractivity contribution in [3.05, 3.63) is 28.8 Å². The number of hydrogen-bond donors (Lipinski definition) is 2. The van der Waals surface area contributed by atoms with Gasteiger partial charge in [-0.1, -0.05) is 0 Å². The molecule has 0 bridgehead atoms. The first-order chi connectivity index (χ1) is 7.47. The molecule has 0 amide bonds. The summed E-state index contributed by atoms with van der Waals surface area (Å²) in [5, 5.41) is 18.6. The highest BCUT2D eigenvalue weighted by atomic mass is 16.5. The predicted molar refractivity (Wildman–Crippen MR) is 59.6 cm³/mol. The Morgan fingerprint density at radius 3 is 2.25 bits per heavy atom. The van der Waals surface area contributed by atoms with E-state index in [-0.39, 0.29) is 5.75 Å². The van der Waals surface area contributed by atoms with Gasteiger partial charge < -0.3 is 14.9 Å². The van der Waals surface area contributed by atoms with E-state index < -0.39 is 12.1 Å². The highest BCUT2D eigenvalue weighted by molar-refractivity contribution is 5.74. The number of phenols is 1. The third kappa shape index (κ3) is 2.52. The summed E-state index contributed by atoms with van der Waals surface area (Å²) >= 11 is 0. The van der Waals surface area contributed by atoms with E-state index in [1.807, 2.05) is 0 Å². The first kappa shape index (κ1) is 12.5. The van der Waals surface area contributed by atoms with Gasteiger partial charge in [-0.25, -0.2) is 4.79 Å². The van der Waals surface area contributed by atoms with Crippen molar-refractivity contribution in [3.8, 4) is 5.75 Å². The van der Waals surface area contributed by atoms with E-state index in [1.165, 1.54) is 0 Å². The molecule has 0 fully saturated rings. The van der Waals surface area contributed by atoms with Crippen LogP contribution in [0.1, 0.15) is 29.7 Å². The third-order valence-corrected chi connectivity index (χ3v) is 2.37. The molecule has 0 radical (unpaired) electrons. The zero-order chi connectivity index (χ0) is 12.3. The van der Waals surface area contributed by atoms with Crippen molar-refractivity contribution in [2.24, 2.45) is 0 Å². The Labute approximate surface area is 94.5 Å². The Kier molecular flexibility index (Phi) is 3.90. The van der Waals surface area contributed by atoms with Crippen LogP contribution in [-0.2, 0) is 9.53 Å². The quantitative estimate of drug-likeness (QED) is 0.822. The maximum atomic E-state index is 11.0. The lowest BCUT2D eigenvalue weighted by Crippen LogP contribution is -2.15. The number of carbonyl (C=O) groups is 1. The third-order valence-electron chi connectivity index (χ3n) is 2.37. The van der Waals surface area contributed by atoms with Gasteiger partial charge in [0.15, 0.2) is 6.10 Å². The summed E-state index contributed by atoms with van der Waals surface area (Å²) in [5.74, 6) is -0.823. The van der Waals surface area contributed by atoms with Crippen molar-refractivity contribution in [2.75, 3.05) is 6.61 Å². The number of aliphatic carboxylic acids is 1. The Bertz CT molecular complexity index is 375. The summed E-state index contributed by atoms with van der Waals surface area (Å²) in [6, 6.07) is 3.27. The van der Waals surface area contributed by atoms with Crippen LogP contribution in [0.25, 0.3) is 0 Å². The Hall–Kier alpha value is -1.55. The number of aromatic hydroxyl groups is 1. The van der Waals surface area contributed by atoms with Crippen LogP contribution in [0.3, 0.4) is 0 Å². The SMILES string of the molecule is CCOC(C(=O)O)c1cc(C)c(O)c(C)c1. The maximum Gasteiger partial charge on any atom is 0.337 e. The normalized spacial score (nSPS) is 12.4. The fourth-order valence-corrected chi connectivity index (χ4v) is 1.62. The molecular weight excluding hydrogens is 208 g/mol. The molecule has 0 spiro atoms. The first-order valence-electron chi connectivity index (χ1n) is 5.11. The lowest BCUT2D eigenvalue weighted by Gasteiger charge is -2.15. The van der Waals surface area contributed by atoms with Crippen molar-refractivity contribution in [1.82, 2.24) is 0 Å². The number of hydrogen-bond acceptors (Lipinski definition) is 3. The monoisotopic (exact) mass is 224 g/mol. The first-order valence-corrected chi connectivity index (χ1v) is 5.11. The van der Waals surface area contributed by atoms with Crippen molar-refractivity contribution >= 4 is 5.97 Å². The second kappa shape index (κ2) is 4.99. The topological polar surface area (TPSA) is 66.8 Å². The van der Waals surface area contributed by atoms with E-state index in [0.717, 1.165) is 0 Å². The molecule has 1 rings (SSSR count). The molecular formula is C12H16O4. The summed E-state index contributed by atoms with van der Waals surface area (Å²) in [5.41, 5.74) is 1.86. The van der Waals surface area contributed by atoms with Crippen LogP contribution in [-0.4, -0.2) is 22.8 Å². The molecule has 4 heteroatoms. The van der Waals surface area contributed by atoms with Crippen LogP contribution >= 0.6 is 0 Å². The lowest BCUT2D eigenvalue weighted by atomic mass is 10.0. The second-order valence-electron chi connectivity index (χ2n) is 3.68. The minimum absolute atomic E-state index is 0.199. The molecule has 2 N–H and O–H groups in total. The summed E-state index contributed by atoms with van der Waals surface area (Å²) in [6.07, 6.45) is -0.969. The van der Waals surface area contributed by atoms with Gasteiger partial charge >= 0.3 is 5.97 Å². The van der Waals surface area contributed by atoms with Gasteiger partial charge in [0.05, 0.1) is 0 Å². The number of aryl methyl sites for hydroxylation is 2. The van der Waals surface area contributed by atoms with Gasteiger partial charge in [-0.2, -0.15) is 0 Å². The van der Waals surface area contributed by atoms with E-state index in [2.05, 4.69) is 0 Å². The number of benzene rings is 1. The van der Waals surface area contributed by atoms with E-state index in [4.69, 9.17) is 9.84 Å². The Morgan fingerprint density at radius 2 is 1.88 bits per heavy atom. The van der Waals surface area contributed by atoms with Crippen molar-refractivity contribution in [3.63, 3.8) is 0 Å². The molecule has 88 valence electrons. The minimum Gasteiger partial charge on any atom is -0.507 e. The standard InChI is InChI=1S/C12H16O4/c1-4-16-11(12(14)15)9-5-7(2)10(13)8(3)6-9/h5-6,11,13H,4H2,1-3H3,(H,14,15). The van der Waals surface area contributed by atoms with E-state index in [0.29, 0.717) is 23.3 Å². The average molecular weight is 224 g/mol. The Morgan fingerprint density at radius 1 is 1.38 bits per heavy atom. The molecule has 0 aliphatic rings. The number of rotatable bonds is 4. The van der Waals surface area contributed by atoms with E-state index in [1.54, 1.807) is 32.9 Å². The van der Waals surface area contributed by atoms with E-state index >= 15 is 0 Å². The average Bonchev–Trinajstić information content (AvgIpc) is 2.21. The summed E-state index contributed by atoms with van der Waals surface area (Å²) in [4.78, 5) is 11.0. The van der Waals surface area contributed by atoms with Crippen LogP contribution in [0.15, 0.2) is 12.1 Å². The molecule has 1 atom stereocenters. The fourth-order valence-electron chi connectivity index (χ4n) is 1.62. The summed E-state index contributed by atoms with van der Waals surface area (Å²) in [7, 11) is 0. The van der Waals surface area contributed by atoms with Gasteiger partial charge in [0.1, 0.15) is 5.75 Å². The summed E-state index contributed by atoms with van der Waals surface area (Å²) in [6.45, 7) is 5.54. The highest BCUT2D eigenvalue weighted by Crippen LogP contribution is 2.27. The molecule has 1 aromatic rings. The molecule has 0 saturated carbocycles. The largest absolute Gasteiger partial charge is 0.507 e. The lowest BCUT2D eigenvalue weighted by molar-refractivity contribution is -0.150. The van der Waals surface area contributed by atoms with Crippen LogP contribution in [0.2, 0.25) is 0 Å². The summed E-state index contributed by atoms with van der Waals surface area (Å²) < 4.78 is 5.16. The van der Waals surface area contributed by atoms with Crippen LogP contribution in [0.4, 0.5) is 0 Å². The zero-order valence-corrected chi connectivity index (χ0v) is 9.65. The smallest absolute Gasteiger partial charge is 0.337 e. The van der Waals surface area contributed by atoms with Crippen LogP contribution < -0.4 is 0 Å². The molecule has 0 aliphatic heterocycles. The van der Waals surface area contributed by atoms with Crippen LogP contribution in [0.5, 0.6) is 5.75 Å². The highest BCUT2D eigenvalue weighted by Gasteiger charge is 2.21. The van der Waals surface area contributed by atoms with Crippen molar-refractivity contribution in [2.45, 2.75) is 26.9 Å². The fraction of sp³-hybridized carbons (Fsp3) is 0.417. The molecule has 0 aromatic heterocycles. The number of phenolic OH excluding ortho intramolecular Hbond substituents is 1. The molecule has 4 nitrogen and oxygen atoms in total. The number of carboxylic acids is 1. The van der Waals surface area contributed by atoms with Gasteiger partial charge in [0, 0.05) is 6.61 Å². The second-order valence-corrected chi connectivity index (χ2v) is 3.68. The predicted octanol–water partition coefficient (Wildman–Crippen LogP) is 2.17. The Balaban J connectivity index is 3.15. The van der Waals surface area contributed by atoms with Gasteiger partial charge in [-0.15, -0.1) is 0 Å². The molecule has 0 aliphatic carbocycles. The molecule has 0 heterocycles.